The lowest BCUT2D eigenvalue weighted by atomic mass is 10.2. The predicted molar refractivity (Wildman–Crippen MR) is 53.5 cm³/mol. The summed E-state index contributed by atoms with van der Waals surface area (Å²) >= 11 is 0. The zero-order chi connectivity index (χ0) is 5.56. The topological polar surface area (TPSA) is 15.3 Å². The summed E-state index contributed by atoms with van der Waals surface area (Å²) in [6.45, 7) is 2.49. The number of hydrogen-bond acceptors (Lipinski definition) is 2. The van der Waals surface area contributed by atoms with Crippen molar-refractivity contribution in [3.63, 3.8) is 0 Å². The molecule has 2 heterocycles. The van der Waals surface area contributed by atoms with E-state index in [0.717, 1.165) is 12.1 Å². The Kier molecular flexibility index (Phi) is 4.40. The van der Waals surface area contributed by atoms with Crippen LogP contribution in [-0.2, 0) is 0 Å². The molecule has 0 aromatic heterocycles. The molecule has 0 aliphatic carbocycles. The summed E-state index contributed by atoms with van der Waals surface area (Å²) in [5.41, 5.74) is 0. The van der Waals surface area contributed by atoms with E-state index in [-0.39, 0.29) is 34.0 Å². The van der Waals surface area contributed by atoms with Crippen LogP contribution in [0.3, 0.4) is 0 Å². The highest BCUT2D eigenvalue weighted by Crippen LogP contribution is 2.20. The SMILES string of the molecule is Br.Br.CN1CC2C[C@@H]1CN2. The molecule has 62 valence electrons. The van der Waals surface area contributed by atoms with Gasteiger partial charge in [0.25, 0.3) is 0 Å². The van der Waals surface area contributed by atoms with Gasteiger partial charge < -0.3 is 10.2 Å². The van der Waals surface area contributed by atoms with Crippen LogP contribution in [0.1, 0.15) is 6.42 Å². The van der Waals surface area contributed by atoms with Gasteiger partial charge in [0.15, 0.2) is 0 Å². The van der Waals surface area contributed by atoms with E-state index in [1.54, 1.807) is 0 Å². The van der Waals surface area contributed by atoms with Crippen molar-refractivity contribution in [2.45, 2.75) is 18.5 Å². The molecule has 2 fully saturated rings. The molecule has 0 aromatic rings. The molecule has 1 N–H and O–H groups in total. The normalized spacial score (nSPS) is 36.9. The third-order valence-electron chi connectivity index (χ3n) is 2.33. The second-order valence-corrected chi connectivity index (χ2v) is 2.93. The molecule has 2 nitrogen and oxygen atoms in total. The van der Waals surface area contributed by atoms with Crippen molar-refractivity contribution in [3.05, 3.63) is 0 Å². The van der Waals surface area contributed by atoms with Crippen LogP contribution in [0.5, 0.6) is 0 Å². The molecule has 2 aliphatic rings. The second kappa shape index (κ2) is 4.04. The van der Waals surface area contributed by atoms with Crippen LogP contribution in [0, 0.1) is 0 Å². The van der Waals surface area contributed by atoms with Gasteiger partial charge in [-0.05, 0) is 13.5 Å². The number of nitrogens with zero attached hydrogens (tertiary/aromatic N) is 1. The van der Waals surface area contributed by atoms with E-state index in [2.05, 4.69) is 17.3 Å². The first-order valence-corrected chi connectivity index (χ1v) is 3.30. The van der Waals surface area contributed by atoms with Gasteiger partial charge >= 0.3 is 0 Å². The van der Waals surface area contributed by atoms with Gasteiger partial charge in [-0.3, -0.25) is 0 Å². The fourth-order valence-corrected chi connectivity index (χ4v) is 1.77. The summed E-state index contributed by atoms with van der Waals surface area (Å²) < 4.78 is 0. The molecule has 1 unspecified atom stereocenters. The highest BCUT2D eigenvalue weighted by atomic mass is 79.9. The van der Waals surface area contributed by atoms with Gasteiger partial charge in [-0.25, -0.2) is 0 Å². The van der Waals surface area contributed by atoms with Crippen molar-refractivity contribution in [2.24, 2.45) is 0 Å². The fourth-order valence-electron chi connectivity index (χ4n) is 1.77. The smallest absolute Gasteiger partial charge is 0.0233 e. The number of hydrogen-bond donors (Lipinski definition) is 1. The third-order valence-corrected chi connectivity index (χ3v) is 2.33. The van der Waals surface area contributed by atoms with Crippen LogP contribution in [0.15, 0.2) is 0 Å². The lowest BCUT2D eigenvalue weighted by Crippen LogP contribution is -2.41. The van der Waals surface area contributed by atoms with Crippen LogP contribution < -0.4 is 5.32 Å². The largest absolute Gasteiger partial charge is 0.311 e. The summed E-state index contributed by atoms with van der Waals surface area (Å²) in [4.78, 5) is 2.45. The maximum absolute atomic E-state index is 3.44. The van der Waals surface area contributed by atoms with Crippen molar-refractivity contribution >= 4 is 34.0 Å². The van der Waals surface area contributed by atoms with Crippen molar-refractivity contribution in [2.75, 3.05) is 20.1 Å². The zero-order valence-corrected chi connectivity index (χ0v) is 9.47. The summed E-state index contributed by atoms with van der Waals surface area (Å²) in [6, 6.07) is 1.69. The number of rotatable bonds is 0. The van der Waals surface area contributed by atoms with Crippen molar-refractivity contribution in [1.82, 2.24) is 10.2 Å². The lowest BCUT2D eigenvalue weighted by Gasteiger charge is -2.21. The average molecular weight is 274 g/mol. The van der Waals surface area contributed by atoms with E-state index in [1.165, 1.54) is 19.5 Å². The Hall–Kier alpha value is 0.880. The van der Waals surface area contributed by atoms with E-state index in [0.29, 0.717) is 0 Å². The number of piperazine rings is 1. The zero-order valence-electron chi connectivity index (χ0n) is 6.04. The molecule has 2 atom stereocenters. The fraction of sp³-hybridized carbons (Fsp3) is 1.00. The molecule has 4 heteroatoms. The first kappa shape index (κ1) is 10.9. The second-order valence-electron chi connectivity index (χ2n) is 2.93. The van der Waals surface area contributed by atoms with Gasteiger partial charge in [-0.1, -0.05) is 0 Å². The van der Waals surface area contributed by atoms with Crippen LogP contribution in [0.25, 0.3) is 0 Å². The molecule has 2 saturated heterocycles. The molecule has 0 radical (unpaired) electrons. The van der Waals surface area contributed by atoms with Crippen LogP contribution in [0.2, 0.25) is 0 Å². The summed E-state index contributed by atoms with van der Waals surface area (Å²) in [5, 5.41) is 3.44. The average Bonchev–Trinajstić information content (AvgIpc) is 2.23. The lowest BCUT2D eigenvalue weighted by molar-refractivity contribution is 0.276. The number of likely N-dealkylation sites (tertiary alicyclic amines) is 1. The number of nitrogens with one attached hydrogen (secondary N) is 1. The summed E-state index contributed by atoms with van der Waals surface area (Å²) in [6.07, 6.45) is 1.39. The van der Waals surface area contributed by atoms with E-state index in [4.69, 9.17) is 0 Å². The molecule has 10 heavy (non-hydrogen) atoms. The maximum Gasteiger partial charge on any atom is 0.0233 e. The Bertz CT molecular complexity index is 108. The monoisotopic (exact) mass is 272 g/mol. The van der Waals surface area contributed by atoms with Gasteiger partial charge in [0, 0.05) is 25.2 Å². The highest BCUT2D eigenvalue weighted by molar-refractivity contribution is 8.93. The Morgan fingerprint density at radius 2 is 2.10 bits per heavy atom. The Labute approximate surface area is 82.9 Å². The molecule has 2 bridgehead atoms. The van der Waals surface area contributed by atoms with E-state index >= 15 is 0 Å². The number of fused-ring (bicyclic) bond motifs is 2. The van der Waals surface area contributed by atoms with Gasteiger partial charge in [0.1, 0.15) is 0 Å². The molecule has 0 saturated carbocycles. The first-order chi connectivity index (χ1) is 3.86. The van der Waals surface area contributed by atoms with Crippen LogP contribution >= 0.6 is 34.0 Å². The first-order valence-electron chi connectivity index (χ1n) is 3.30. The minimum Gasteiger partial charge on any atom is -0.311 e. The molecule has 0 aromatic carbocycles. The molecule has 2 aliphatic heterocycles. The van der Waals surface area contributed by atoms with Crippen molar-refractivity contribution in [3.8, 4) is 0 Å². The van der Waals surface area contributed by atoms with E-state index in [9.17, 15) is 0 Å². The van der Waals surface area contributed by atoms with E-state index in [1.807, 2.05) is 0 Å². The minimum atomic E-state index is 0. The molecular formula is C6H14Br2N2. The Morgan fingerprint density at radius 3 is 2.30 bits per heavy atom. The molecule has 0 spiro atoms. The Morgan fingerprint density at radius 1 is 1.40 bits per heavy atom. The molecule has 2 rings (SSSR count). The standard InChI is InChI=1S/C6H12N2.2BrH/c1-8-4-5-2-6(8)3-7-5;;/h5-7H,2-4H2,1H3;2*1H/t5?,6-;;/m1../s1. The van der Waals surface area contributed by atoms with Crippen LogP contribution in [-0.4, -0.2) is 37.1 Å². The Balaban J connectivity index is 0.000000405. The molecular weight excluding hydrogens is 260 g/mol. The van der Waals surface area contributed by atoms with Gasteiger partial charge in [-0.15, -0.1) is 34.0 Å². The van der Waals surface area contributed by atoms with Crippen molar-refractivity contribution in [1.29, 1.82) is 0 Å². The van der Waals surface area contributed by atoms with Gasteiger partial charge in [0.2, 0.25) is 0 Å². The number of halogens is 2. The minimum absolute atomic E-state index is 0. The number of likely N-dealkylation sites (N-methyl/N-ethyl adjacent to an activating group) is 1. The maximum atomic E-state index is 3.44. The predicted octanol–water partition coefficient (Wildman–Crippen LogP) is 0.818. The highest BCUT2D eigenvalue weighted by Gasteiger charge is 2.34. The summed E-state index contributed by atoms with van der Waals surface area (Å²) in [7, 11) is 2.21. The van der Waals surface area contributed by atoms with Crippen LogP contribution in [0.4, 0.5) is 0 Å². The quantitative estimate of drug-likeness (QED) is 0.703. The summed E-state index contributed by atoms with van der Waals surface area (Å²) in [5.74, 6) is 0. The van der Waals surface area contributed by atoms with Gasteiger partial charge in [0.05, 0.1) is 0 Å². The van der Waals surface area contributed by atoms with Gasteiger partial charge in [-0.2, -0.15) is 0 Å². The third kappa shape index (κ3) is 1.72. The van der Waals surface area contributed by atoms with Crippen molar-refractivity contribution < 1.29 is 0 Å². The van der Waals surface area contributed by atoms with E-state index < -0.39 is 0 Å². The molecule has 0 amide bonds.